The van der Waals surface area contributed by atoms with E-state index in [-0.39, 0.29) is 5.60 Å². The van der Waals surface area contributed by atoms with Crippen molar-refractivity contribution < 1.29 is 9.15 Å². The average Bonchev–Trinajstić information content (AvgIpc) is 3.04. The fraction of sp³-hybridized carbons (Fsp3) is 0.150. The molecule has 0 unspecified atom stereocenters. The summed E-state index contributed by atoms with van der Waals surface area (Å²) in [6.45, 7) is 4.08. The highest BCUT2D eigenvalue weighted by Gasteiger charge is 2.22. The number of oxazole rings is 1. The van der Waals surface area contributed by atoms with Gasteiger partial charge in [0.25, 0.3) is 0 Å². The van der Waals surface area contributed by atoms with Crippen molar-refractivity contribution in [2.75, 3.05) is 0 Å². The normalized spacial score (nSPS) is 15.0. The molecule has 3 heteroatoms. The van der Waals surface area contributed by atoms with Crippen LogP contribution in [0.15, 0.2) is 65.3 Å². The van der Waals surface area contributed by atoms with Gasteiger partial charge >= 0.3 is 0 Å². The fourth-order valence-corrected chi connectivity index (χ4v) is 2.66. The highest BCUT2D eigenvalue weighted by molar-refractivity contribution is 5.69. The summed E-state index contributed by atoms with van der Waals surface area (Å²) in [5.74, 6) is 1.50. The van der Waals surface area contributed by atoms with Gasteiger partial charge in [-0.25, -0.2) is 4.98 Å². The second-order valence-electron chi connectivity index (χ2n) is 6.20. The van der Waals surface area contributed by atoms with Crippen molar-refractivity contribution in [2.45, 2.75) is 19.4 Å². The number of aromatic nitrogens is 1. The summed E-state index contributed by atoms with van der Waals surface area (Å²) in [5, 5.41) is 0. The molecule has 0 saturated heterocycles. The predicted octanol–water partition coefficient (Wildman–Crippen LogP) is 5.19. The van der Waals surface area contributed by atoms with E-state index in [1.807, 2.05) is 62.4 Å². The van der Waals surface area contributed by atoms with E-state index in [1.54, 1.807) is 6.26 Å². The monoisotopic (exact) mass is 303 g/mol. The molecule has 3 nitrogen and oxygen atoms in total. The van der Waals surface area contributed by atoms with Gasteiger partial charge in [-0.2, -0.15) is 0 Å². The summed E-state index contributed by atoms with van der Waals surface area (Å²) in [7, 11) is 0. The van der Waals surface area contributed by atoms with Crippen molar-refractivity contribution in [3.63, 3.8) is 0 Å². The molecule has 0 radical (unpaired) electrons. The maximum Gasteiger partial charge on any atom is 0.226 e. The lowest BCUT2D eigenvalue weighted by atomic mass is 10.0. The van der Waals surface area contributed by atoms with Gasteiger partial charge in [-0.05, 0) is 38.1 Å². The Morgan fingerprint density at radius 2 is 1.78 bits per heavy atom. The average molecular weight is 303 g/mol. The largest absolute Gasteiger partial charge is 0.483 e. The Morgan fingerprint density at radius 1 is 0.957 bits per heavy atom. The summed E-state index contributed by atoms with van der Waals surface area (Å²) in [4.78, 5) is 4.60. The lowest BCUT2D eigenvalue weighted by molar-refractivity contribution is 0.159. The smallest absolute Gasteiger partial charge is 0.226 e. The molecule has 1 aliphatic heterocycles. The molecular weight excluding hydrogens is 286 g/mol. The van der Waals surface area contributed by atoms with E-state index >= 15 is 0 Å². The number of rotatable bonds is 2. The van der Waals surface area contributed by atoms with Crippen LogP contribution in [0.5, 0.6) is 5.75 Å². The molecule has 2 aromatic carbocycles. The van der Waals surface area contributed by atoms with Crippen LogP contribution in [-0.2, 0) is 0 Å². The van der Waals surface area contributed by atoms with E-state index in [2.05, 4.69) is 17.1 Å². The molecule has 1 aliphatic rings. The number of fused-ring (bicyclic) bond motifs is 1. The van der Waals surface area contributed by atoms with Crippen LogP contribution in [0.3, 0.4) is 0 Å². The highest BCUT2D eigenvalue weighted by Crippen LogP contribution is 2.34. The second-order valence-corrected chi connectivity index (χ2v) is 6.20. The van der Waals surface area contributed by atoms with Gasteiger partial charge in [-0.1, -0.05) is 36.4 Å². The number of nitrogens with zero attached hydrogens (tertiary/aromatic N) is 1. The molecule has 0 amide bonds. The molecule has 0 fully saturated rings. The van der Waals surface area contributed by atoms with Gasteiger partial charge < -0.3 is 9.15 Å². The molecule has 23 heavy (non-hydrogen) atoms. The summed E-state index contributed by atoms with van der Waals surface area (Å²) in [6, 6.07) is 16.0. The first-order valence-electron chi connectivity index (χ1n) is 7.64. The Labute approximate surface area is 135 Å². The SMILES string of the molecule is CC1(C)C=Cc2cc(-c3nc(-c4ccccc4)co3)ccc2O1. The minimum Gasteiger partial charge on any atom is -0.483 e. The number of benzene rings is 2. The first-order valence-corrected chi connectivity index (χ1v) is 7.64. The fourth-order valence-electron chi connectivity index (χ4n) is 2.66. The van der Waals surface area contributed by atoms with E-state index in [0.717, 1.165) is 28.1 Å². The Hall–Kier alpha value is -2.81. The molecule has 114 valence electrons. The van der Waals surface area contributed by atoms with E-state index in [9.17, 15) is 0 Å². The van der Waals surface area contributed by atoms with Gasteiger partial charge in [-0.3, -0.25) is 0 Å². The molecule has 3 aromatic rings. The molecule has 4 rings (SSSR count). The van der Waals surface area contributed by atoms with Gasteiger partial charge in [0.05, 0.1) is 0 Å². The number of hydrogen-bond acceptors (Lipinski definition) is 3. The molecule has 0 bridgehead atoms. The topological polar surface area (TPSA) is 35.3 Å². The predicted molar refractivity (Wildman–Crippen MR) is 91.1 cm³/mol. The molecule has 0 spiro atoms. The third-order valence-corrected chi connectivity index (χ3v) is 3.87. The number of ether oxygens (including phenoxy) is 1. The van der Waals surface area contributed by atoms with Crippen molar-refractivity contribution in [2.24, 2.45) is 0 Å². The van der Waals surface area contributed by atoms with Crippen LogP contribution in [0.2, 0.25) is 0 Å². The molecule has 0 aliphatic carbocycles. The molecule has 1 aromatic heterocycles. The summed E-state index contributed by atoms with van der Waals surface area (Å²) in [6.07, 6.45) is 5.84. The first-order chi connectivity index (χ1) is 11.1. The van der Waals surface area contributed by atoms with Crippen LogP contribution in [0.4, 0.5) is 0 Å². The molecule has 0 saturated carbocycles. The Kier molecular flexibility index (Phi) is 3.08. The minimum atomic E-state index is -0.266. The van der Waals surface area contributed by atoms with Gasteiger partial charge in [0.1, 0.15) is 23.3 Å². The summed E-state index contributed by atoms with van der Waals surface area (Å²) >= 11 is 0. The van der Waals surface area contributed by atoms with Crippen LogP contribution in [-0.4, -0.2) is 10.6 Å². The number of hydrogen-bond donors (Lipinski definition) is 0. The van der Waals surface area contributed by atoms with Gasteiger partial charge in [0.2, 0.25) is 5.89 Å². The Bertz CT molecular complexity index is 876. The third kappa shape index (κ3) is 2.66. The van der Waals surface area contributed by atoms with Crippen LogP contribution in [0.25, 0.3) is 28.8 Å². The third-order valence-electron chi connectivity index (χ3n) is 3.87. The second kappa shape index (κ2) is 5.13. The standard InChI is InChI=1S/C20H17NO2/c1-20(2)11-10-15-12-16(8-9-18(15)23-20)19-21-17(13-22-19)14-6-4-3-5-7-14/h3-13H,1-2H3. The maximum absolute atomic E-state index is 5.95. The van der Waals surface area contributed by atoms with Crippen molar-refractivity contribution >= 4 is 6.08 Å². The van der Waals surface area contributed by atoms with Crippen LogP contribution in [0.1, 0.15) is 19.4 Å². The zero-order valence-electron chi connectivity index (χ0n) is 13.1. The molecule has 2 heterocycles. The summed E-state index contributed by atoms with van der Waals surface area (Å²) in [5.41, 5.74) is 3.61. The summed E-state index contributed by atoms with van der Waals surface area (Å²) < 4.78 is 11.6. The zero-order chi connectivity index (χ0) is 15.9. The molecule has 0 N–H and O–H groups in total. The maximum atomic E-state index is 5.95. The van der Waals surface area contributed by atoms with E-state index in [4.69, 9.17) is 9.15 Å². The molecular formula is C20H17NO2. The zero-order valence-corrected chi connectivity index (χ0v) is 13.1. The van der Waals surface area contributed by atoms with Crippen LogP contribution < -0.4 is 4.74 Å². The van der Waals surface area contributed by atoms with Crippen molar-refractivity contribution in [1.82, 2.24) is 4.98 Å². The molecule has 0 atom stereocenters. The van der Waals surface area contributed by atoms with Gasteiger partial charge in [-0.15, -0.1) is 0 Å². The van der Waals surface area contributed by atoms with E-state index in [1.165, 1.54) is 0 Å². The van der Waals surface area contributed by atoms with Crippen molar-refractivity contribution in [3.05, 3.63) is 66.4 Å². The minimum absolute atomic E-state index is 0.266. The van der Waals surface area contributed by atoms with E-state index < -0.39 is 0 Å². The van der Waals surface area contributed by atoms with Gasteiger partial charge in [0, 0.05) is 16.7 Å². The van der Waals surface area contributed by atoms with Crippen LogP contribution >= 0.6 is 0 Å². The van der Waals surface area contributed by atoms with Crippen LogP contribution in [0, 0.1) is 0 Å². The van der Waals surface area contributed by atoms with Gasteiger partial charge in [0.15, 0.2) is 0 Å². The Balaban J connectivity index is 1.69. The quantitative estimate of drug-likeness (QED) is 0.653. The van der Waals surface area contributed by atoms with Crippen molar-refractivity contribution in [3.8, 4) is 28.5 Å². The van der Waals surface area contributed by atoms with Crippen molar-refractivity contribution in [1.29, 1.82) is 0 Å². The lowest BCUT2D eigenvalue weighted by Crippen LogP contribution is -2.27. The highest BCUT2D eigenvalue weighted by atomic mass is 16.5. The first kappa shape index (κ1) is 13.8. The lowest BCUT2D eigenvalue weighted by Gasteiger charge is -2.27. The van der Waals surface area contributed by atoms with E-state index in [0.29, 0.717) is 5.89 Å². The Morgan fingerprint density at radius 3 is 2.61 bits per heavy atom.